The Kier molecular flexibility index (Phi) is 4.46. The van der Waals surface area contributed by atoms with E-state index in [4.69, 9.17) is 34.8 Å². The van der Waals surface area contributed by atoms with Crippen LogP contribution in [0.5, 0.6) is 0 Å². The van der Waals surface area contributed by atoms with Crippen molar-refractivity contribution in [3.63, 3.8) is 0 Å². The predicted octanol–water partition coefficient (Wildman–Crippen LogP) is 3.30. The second kappa shape index (κ2) is 5.03. The van der Waals surface area contributed by atoms with E-state index in [2.05, 4.69) is 32.9 Å². The van der Waals surface area contributed by atoms with Gasteiger partial charge in [-0.3, -0.25) is 4.79 Å². The minimum atomic E-state index is -1.98. The maximum absolute atomic E-state index is 11.3. The van der Waals surface area contributed by atoms with Crippen LogP contribution in [0.15, 0.2) is 12.3 Å². The molecule has 1 amide bonds. The predicted molar refractivity (Wildman–Crippen MR) is 70.6 cm³/mol. The highest BCUT2D eigenvalue weighted by atomic mass is 127. The smallest absolute Gasteiger partial charge is 0.277 e. The van der Waals surface area contributed by atoms with E-state index < -0.39 is 9.70 Å². The number of nitrogens with one attached hydrogen (secondary N) is 1. The molecule has 82 valence electrons. The van der Waals surface area contributed by atoms with Crippen molar-refractivity contribution in [3.05, 3.63) is 21.4 Å². The van der Waals surface area contributed by atoms with Crippen molar-refractivity contribution in [2.24, 2.45) is 0 Å². The van der Waals surface area contributed by atoms with E-state index in [0.29, 0.717) is 5.82 Å². The number of rotatable bonds is 1. The zero-order chi connectivity index (χ0) is 11.6. The topological polar surface area (TPSA) is 42.0 Å². The monoisotopic (exact) mass is 378 g/mol. The molecule has 0 aromatic carbocycles. The summed E-state index contributed by atoms with van der Waals surface area (Å²) in [6, 6.07) is 1.86. The first-order chi connectivity index (χ1) is 6.80. The maximum Gasteiger partial charge on any atom is 0.277 e. The van der Waals surface area contributed by atoms with Crippen molar-refractivity contribution in [2.45, 2.75) is 10.7 Å². The highest BCUT2D eigenvalue weighted by Crippen LogP contribution is 2.27. The number of carbonyl (C=O) groups excluding carboxylic acids is 1. The minimum Gasteiger partial charge on any atom is -0.307 e. The quantitative estimate of drug-likeness (QED) is 0.601. The van der Waals surface area contributed by atoms with Gasteiger partial charge >= 0.3 is 0 Å². The maximum atomic E-state index is 11.3. The average molecular weight is 379 g/mol. The van der Waals surface area contributed by atoms with Gasteiger partial charge in [-0.25, -0.2) is 4.98 Å². The van der Waals surface area contributed by atoms with E-state index in [1.807, 2.05) is 13.0 Å². The van der Waals surface area contributed by atoms with Gasteiger partial charge in [0.05, 0.1) is 0 Å². The van der Waals surface area contributed by atoms with Crippen molar-refractivity contribution < 1.29 is 4.79 Å². The van der Waals surface area contributed by atoms with E-state index in [0.717, 1.165) is 9.13 Å². The first kappa shape index (κ1) is 13.3. The molecule has 1 aromatic heterocycles. The lowest BCUT2D eigenvalue weighted by Gasteiger charge is -2.12. The molecule has 0 radical (unpaired) electrons. The number of halogens is 4. The summed E-state index contributed by atoms with van der Waals surface area (Å²) in [5.74, 6) is -0.323. The Hall–Kier alpha value is 0.220. The molecule has 0 aliphatic rings. The lowest BCUT2D eigenvalue weighted by atomic mass is 10.3. The fourth-order valence-electron chi connectivity index (χ4n) is 0.850. The highest BCUT2D eigenvalue weighted by molar-refractivity contribution is 14.1. The molecule has 1 aromatic rings. The number of nitrogens with zero attached hydrogens (tertiary/aromatic N) is 1. The van der Waals surface area contributed by atoms with Gasteiger partial charge in [0.1, 0.15) is 5.82 Å². The van der Waals surface area contributed by atoms with Crippen LogP contribution in [-0.2, 0) is 4.79 Å². The van der Waals surface area contributed by atoms with Gasteiger partial charge in [-0.1, -0.05) is 34.8 Å². The summed E-state index contributed by atoms with van der Waals surface area (Å²) in [6.45, 7) is 1.81. The van der Waals surface area contributed by atoms with Gasteiger partial charge in [-0.15, -0.1) is 0 Å². The van der Waals surface area contributed by atoms with E-state index in [-0.39, 0.29) is 0 Å². The molecule has 0 saturated heterocycles. The SMILES string of the molecule is Cc1cc(I)cnc1NC(=O)C(Cl)(Cl)Cl. The lowest BCUT2D eigenvalue weighted by molar-refractivity contribution is -0.115. The summed E-state index contributed by atoms with van der Waals surface area (Å²) in [6.07, 6.45) is 1.61. The third-order valence-corrected chi connectivity index (χ3v) is 2.64. The number of hydrogen-bond donors (Lipinski definition) is 1. The number of alkyl halides is 3. The molecule has 0 aliphatic carbocycles. The molecule has 1 N–H and O–H groups in total. The number of hydrogen-bond acceptors (Lipinski definition) is 2. The van der Waals surface area contributed by atoms with Gasteiger partial charge in [0.15, 0.2) is 0 Å². The number of aromatic nitrogens is 1. The highest BCUT2D eigenvalue weighted by Gasteiger charge is 2.31. The Bertz CT molecular complexity index is 392. The first-order valence-electron chi connectivity index (χ1n) is 3.81. The van der Waals surface area contributed by atoms with Crippen molar-refractivity contribution in [2.75, 3.05) is 5.32 Å². The van der Waals surface area contributed by atoms with Gasteiger partial charge in [-0.2, -0.15) is 0 Å². The molecule has 0 bridgehead atoms. The van der Waals surface area contributed by atoms with Crippen LogP contribution < -0.4 is 5.32 Å². The summed E-state index contributed by atoms with van der Waals surface area (Å²) >= 11 is 18.3. The number of anilines is 1. The van der Waals surface area contributed by atoms with Crippen molar-refractivity contribution in [1.82, 2.24) is 4.98 Å². The van der Waals surface area contributed by atoms with Crippen molar-refractivity contribution in [3.8, 4) is 0 Å². The van der Waals surface area contributed by atoms with Crippen LogP contribution in [-0.4, -0.2) is 14.7 Å². The number of pyridine rings is 1. The molecule has 0 saturated carbocycles. The van der Waals surface area contributed by atoms with Gasteiger partial charge in [-0.05, 0) is 41.1 Å². The van der Waals surface area contributed by atoms with Gasteiger partial charge < -0.3 is 5.32 Å². The molecule has 0 unspecified atom stereocenters. The number of aryl methyl sites for hydroxylation is 1. The fourth-order valence-corrected chi connectivity index (χ4v) is 1.60. The fraction of sp³-hybridized carbons (Fsp3) is 0.250. The van der Waals surface area contributed by atoms with Crippen LogP contribution in [0.4, 0.5) is 5.82 Å². The Labute approximate surface area is 116 Å². The summed E-state index contributed by atoms with van der Waals surface area (Å²) in [5, 5.41) is 2.43. The van der Waals surface area contributed by atoms with E-state index >= 15 is 0 Å². The molecule has 1 heterocycles. The molecule has 0 fully saturated rings. The standard InChI is InChI=1S/C8H6Cl3IN2O/c1-4-2-5(12)3-13-6(4)14-7(15)8(9,10)11/h2-3H,1H3,(H,13,14,15). The Morgan fingerprint density at radius 1 is 1.53 bits per heavy atom. The molecule has 0 spiro atoms. The van der Waals surface area contributed by atoms with Gasteiger partial charge in [0.25, 0.3) is 9.70 Å². The van der Waals surface area contributed by atoms with Crippen LogP contribution in [0.1, 0.15) is 5.56 Å². The van der Waals surface area contributed by atoms with Crippen LogP contribution in [0, 0.1) is 10.5 Å². The zero-order valence-electron chi connectivity index (χ0n) is 7.52. The molecular formula is C8H6Cl3IN2O. The van der Waals surface area contributed by atoms with E-state index in [9.17, 15) is 4.79 Å². The number of amides is 1. The van der Waals surface area contributed by atoms with Crippen LogP contribution in [0.3, 0.4) is 0 Å². The molecule has 7 heteroatoms. The average Bonchev–Trinajstić information content (AvgIpc) is 2.08. The Morgan fingerprint density at radius 3 is 2.60 bits per heavy atom. The Morgan fingerprint density at radius 2 is 2.13 bits per heavy atom. The van der Waals surface area contributed by atoms with Gasteiger partial charge in [0, 0.05) is 9.77 Å². The van der Waals surface area contributed by atoms with Crippen molar-refractivity contribution >= 4 is 69.1 Å². The third kappa shape index (κ3) is 3.94. The molecule has 0 aliphatic heterocycles. The lowest BCUT2D eigenvalue weighted by Crippen LogP contribution is -2.27. The van der Waals surface area contributed by atoms with Crippen LogP contribution in [0.25, 0.3) is 0 Å². The normalized spacial score (nSPS) is 11.3. The van der Waals surface area contributed by atoms with Crippen LogP contribution >= 0.6 is 57.4 Å². The summed E-state index contributed by atoms with van der Waals surface area (Å²) in [5.41, 5.74) is 0.810. The number of carbonyl (C=O) groups is 1. The van der Waals surface area contributed by atoms with Crippen LogP contribution in [0.2, 0.25) is 0 Å². The largest absolute Gasteiger partial charge is 0.307 e. The second-order valence-electron chi connectivity index (χ2n) is 2.77. The molecule has 15 heavy (non-hydrogen) atoms. The Balaban J connectivity index is 2.87. The summed E-state index contributed by atoms with van der Waals surface area (Å²) in [7, 11) is 0. The molecule has 0 atom stereocenters. The molecule has 1 rings (SSSR count). The first-order valence-corrected chi connectivity index (χ1v) is 6.02. The van der Waals surface area contributed by atoms with E-state index in [1.54, 1.807) is 6.20 Å². The third-order valence-electron chi connectivity index (χ3n) is 1.53. The summed E-state index contributed by atoms with van der Waals surface area (Å²) < 4.78 is -1.01. The zero-order valence-corrected chi connectivity index (χ0v) is 11.9. The van der Waals surface area contributed by atoms with Crippen molar-refractivity contribution in [1.29, 1.82) is 0 Å². The summed E-state index contributed by atoms with van der Waals surface area (Å²) in [4.78, 5) is 15.3. The second-order valence-corrected chi connectivity index (χ2v) is 6.30. The van der Waals surface area contributed by atoms with Gasteiger partial charge in [0.2, 0.25) is 0 Å². The molecular weight excluding hydrogens is 373 g/mol. The molecule has 3 nitrogen and oxygen atoms in total. The van der Waals surface area contributed by atoms with E-state index in [1.165, 1.54) is 0 Å². The minimum absolute atomic E-state index is 0.395.